The maximum atomic E-state index is 10.8. The molecule has 3 heteroatoms. The minimum absolute atomic E-state index is 0.141. The molecule has 0 saturated carbocycles. The third kappa shape index (κ3) is 4.92. The average Bonchev–Trinajstić information content (AvgIpc) is 2.58. The molecular weight excluding hydrogens is 286 g/mol. The summed E-state index contributed by atoms with van der Waals surface area (Å²) in [5.74, 6) is 0. The van der Waals surface area contributed by atoms with Crippen molar-refractivity contribution in [3.05, 3.63) is 63.7 Å². The Kier molecular flexibility index (Phi) is 6.33. The van der Waals surface area contributed by atoms with Gasteiger partial charge in [0.1, 0.15) is 0 Å². The average molecular weight is 311 g/mol. The molecule has 0 unspecified atom stereocenters. The van der Waals surface area contributed by atoms with Crippen molar-refractivity contribution in [3.63, 3.8) is 0 Å². The number of aryl methyl sites for hydroxylation is 2. The van der Waals surface area contributed by atoms with E-state index in [1.807, 2.05) is 12.1 Å². The fourth-order valence-corrected chi connectivity index (χ4v) is 2.76. The van der Waals surface area contributed by atoms with E-state index in [0.29, 0.717) is 0 Å². The predicted octanol–water partition coefficient (Wildman–Crippen LogP) is 5.95. The van der Waals surface area contributed by atoms with Gasteiger partial charge < -0.3 is 0 Å². The first-order valence-corrected chi connectivity index (χ1v) is 8.51. The van der Waals surface area contributed by atoms with E-state index in [1.54, 1.807) is 12.1 Å². The molecule has 2 aromatic rings. The van der Waals surface area contributed by atoms with Crippen molar-refractivity contribution >= 4 is 5.69 Å². The maximum Gasteiger partial charge on any atom is 0.269 e. The van der Waals surface area contributed by atoms with Crippen LogP contribution in [-0.2, 0) is 12.8 Å². The lowest BCUT2D eigenvalue weighted by molar-refractivity contribution is -0.384. The number of nitro groups is 1. The number of nitro benzene ring substituents is 1. The van der Waals surface area contributed by atoms with Gasteiger partial charge in [-0.25, -0.2) is 0 Å². The van der Waals surface area contributed by atoms with Crippen LogP contribution in [0, 0.1) is 10.1 Å². The summed E-state index contributed by atoms with van der Waals surface area (Å²) in [4.78, 5) is 10.4. The minimum atomic E-state index is -0.353. The summed E-state index contributed by atoms with van der Waals surface area (Å²) in [5.41, 5.74) is 5.09. The lowest BCUT2D eigenvalue weighted by Gasteiger charge is -2.10. The molecule has 0 aliphatic rings. The Morgan fingerprint density at radius 3 is 1.78 bits per heavy atom. The number of rotatable bonds is 8. The molecule has 0 N–H and O–H groups in total. The summed E-state index contributed by atoms with van der Waals surface area (Å²) in [6.45, 7) is 4.41. The maximum absolute atomic E-state index is 10.8. The molecule has 0 amide bonds. The van der Waals surface area contributed by atoms with Crippen LogP contribution in [0.15, 0.2) is 42.5 Å². The van der Waals surface area contributed by atoms with Crippen LogP contribution >= 0.6 is 0 Å². The topological polar surface area (TPSA) is 43.1 Å². The lowest BCUT2D eigenvalue weighted by Crippen LogP contribution is -1.93. The summed E-state index contributed by atoms with van der Waals surface area (Å²) in [6.07, 6.45) is 6.94. The van der Waals surface area contributed by atoms with Crippen molar-refractivity contribution in [2.24, 2.45) is 0 Å². The monoisotopic (exact) mass is 311 g/mol. The molecule has 0 bridgehead atoms. The van der Waals surface area contributed by atoms with Gasteiger partial charge in [-0.3, -0.25) is 10.1 Å². The Balaban J connectivity index is 2.32. The van der Waals surface area contributed by atoms with E-state index >= 15 is 0 Å². The molecule has 0 fully saturated rings. The molecule has 3 nitrogen and oxygen atoms in total. The van der Waals surface area contributed by atoms with E-state index in [1.165, 1.54) is 42.4 Å². The Bertz CT molecular complexity index is 621. The van der Waals surface area contributed by atoms with Gasteiger partial charge >= 0.3 is 0 Å². The summed E-state index contributed by atoms with van der Waals surface area (Å²) in [6, 6.07) is 13.6. The highest BCUT2D eigenvalue weighted by Gasteiger charge is 2.07. The Morgan fingerprint density at radius 1 is 0.826 bits per heavy atom. The number of benzene rings is 2. The Hall–Kier alpha value is -2.16. The van der Waals surface area contributed by atoms with E-state index < -0.39 is 0 Å². The van der Waals surface area contributed by atoms with Crippen LogP contribution < -0.4 is 0 Å². The van der Waals surface area contributed by atoms with Crippen molar-refractivity contribution in [3.8, 4) is 11.1 Å². The summed E-state index contributed by atoms with van der Waals surface area (Å²) >= 11 is 0. The third-order valence-electron chi connectivity index (χ3n) is 4.10. The van der Waals surface area contributed by atoms with Gasteiger partial charge in [0.25, 0.3) is 5.69 Å². The van der Waals surface area contributed by atoms with E-state index in [0.717, 1.165) is 18.4 Å². The highest BCUT2D eigenvalue weighted by atomic mass is 16.6. The normalized spacial score (nSPS) is 10.7. The van der Waals surface area contributed by atoms with E-state index in [2.05, 4.69) is 32.0 Å². The van der Waals surface area contributed by atoms with Crippen LogP contribution in [0.3, 0.4) is 0 Å². The second-order valence-corrected chi connectivity index (χ2v) is 6.05. The number of nitrogens with zero attached hydrogens (tertiary/aromatic N) is 1. The van der Waals surface area contributed by atoms with Crippen molar-refractivity contribution < 1.29 is 4.92 Å². The quantitative estimate of drug-likeness (QED) is 0.447. The second-order valence-electron chi connectivity index (χ2n) is 6.05. The SMILES string of the molecule is CCCCc1cc(CCCC)cc(-c2ccc([N+](=O)[O-])cc2)c1. The highest BCUT2D eigenvalue weighted by Crippen LogP contribution is 2.26. The van der Waals surface area contributed by atoms with Crippen LogP contribution in [0.2, 0.25) is 0 Å². The molecular formula is C20H25NO2. The van der Waals surface area contributed by atoms with Gasteiger partial charge in [-0.2, -0.15) is 0 Å². The zero-order valence-electron chi connectivity index (χ0n) is 14.0. The number of unbranched alkanes of at least 4 members (excludes halogenated alkanes) is 2. The molecule has 0 aromatic heterocycles. The third-order valence-corrected chi connectivity index (χ3v) is 4.10. The van der Waals surface area contributed by atoms with Gasteiger partial charge in [-0.15, -0.1) is 0 Å². The van der Waals surface area contributed by atoms with E-state index in [9.17, 15) is 10.1 Å². The van der Waals surface area contributed by atoms with Crippen LogP contribution in [0.1, 0.15) is 50.7 Å². The van der Waals surface area contributed by atoms with Crippen molar-refractivity contribution in [1.29, 1.82) is 0 Å². The fourth-order valence-electron chi connectivity index (χ4n) is 2.76. The largest absolute Gasteiger partial charge is 0.269 e. The van der Waals surface area contributed by atoms with E-state index in [-0.39, 0.29) is 10.6 Å². The molecule has 0 saturated heterocycles. The number of hydrogen-bond acceptors (Lipinski definition) is 2. The van der Waals surface area contributed by atoms with Gasteiger partial charge in [0.05, 0.1) is 4.92 Å². The van der Waals surface area contributed by atoms with Gasteiger partial charge in [0, 0.05) is 12.1 Å². The van der Waals surface area contributed by atoms with Gasteiger partial charge in [0.15, 0.2) is 0 Å². The van der Waals surface area contributed by atoms with Crippen LogP contribution in [0.4, 0.5) is 5.69 Å². The summed E-state index contributed by atoms with van der Waals surface area (Å²) in [7, 11) is 0. The molecule has 23 heavy (non-hydrogen) atoms. The standard InChI is InChI=1S/C20H25NO2/c1-3-5-7-16-13-17(8-6-4-2)15-19(14-16)18-9-11-20(12-10-18)21(22)23/h9-15H,3-8H2,1-2H3. The molecule has 2 rings (SSSR count). The lowest BCUT2D eigenvalue weighted by atomic mass is 9.95. The van der Waals surface area contributed by atoms with Crippen LogP contribution in [0.25, 0.3) is 11.1 Å². The van der Waals surface area contributed by atoms with E-state index in [4.69, 9.17) is 0 Å². The molecule has 2 aromatic carbocycles. The second kappa shape index (κ2) is 8.47. The van der Waals surface area contributed by atoms with Crippen LogP contribution in [-0.4, -0.2) is 4.92 Å². The number of hydrogen-bond donors (Lipinski definition) is 0. The van der Waals surface area contributed by atoms with Gasteiger partial charge in [-0.1, -0.05) is 44.9 Å². The fraction of sp³-hybridized carbons (Fsp3) is 0.400. The first-order valence-electron chi connectivity index (χ1n) is 8.51. The highest BCUT2D eigenvalue weighted by molar-refractivity contribution is 5.66. The minimum Gasteiger partial charge on any atom is -0.258 e. The molecule has 0 heterocycles. The molecule has 0 radical (unpaired) electrons. The summed E-state index contributed by atoms with van der Waals surface area (Å²) < 4.78 is 0. The number of non-ortho nitro benzene ring substituents is 1. The summed E-state index contributed by atoms with van der Waals surface area (Å²) in [5, 5.41) is 10.8. The van der Waals surface area contributed by atoms with Crippen molar-refractivity contribution in [1.82, 2.24) is 0 Å². The van der Waals surface area contributed by atoms with Crippen LogP contribution in [0.5, 0.6) is 0 Å². The molecule has 0 spiro atoms. The molecule has 0 atom stereocenters. The first-order chi connectivity index (χ1) is 11.1. The Morgan fingerprint density at radius 2 is 1.35 bits per heavy atom. The Labute approximate surface area is 138 Å². The zero-order valence-corrected chi connectivity index (χ0v) is 14.0. The van der Waals surface area contributed by atoms with Crippen molar-refractivity contribution in [2.75, 3.05) is 0 Å². The van der Waals surface area contributed by atoms with Crippen molar-refractivity contribution in [2.45, 2.75) is 52.4 Å². The molecule has 122 valence electrons. The van der Waals surface area contributed by atoms with Gasteiger partial charge in [0.2, 0.25) is 0 Å². The van der Waals surface area contributed by atoms with Gasteiger partial charge in [-0.05, 0) is 60.1 Å². The molecule has 0 aliphatic heterocycles. The predicted molar refractivity (Wildman–Crippen MR) is 95.8 cm³/mol. The smallest absolute Gasteiger partial charge is 0.258 e. The zero-order chi connectivity index (χ0) is 16.7. The first kappa shape index (κ1) is 17.2. The molecule has 0 aliphatic carbocycles.